The average molecular weight is 483 g/mol. The molecule has 0 radical (unpaired) electrons. The Morgan fingerprint density at radius 1 is 0.848 bits per heavy atom. The first-order chi connectivity index (χ1) is 15.5. The fourth-order valence-corrected chi connectivity index (χ4v) is 8.78. The van der Waals surface area contributed by atoms with E-state index in [9.17, 15) is 18.3 Å². The van der Waals surface area contributed by atoms with Gasteiger partial charge < -0.3 is 14.3 Å². The van der Waals surface area contributed by atoms with Crippen LogP contribution in [-0.2, 0) is 9.16 Å². The third-order valence-electron chi connectivity index (χ3n) is 6.25. The molecule has 0 bridgehead atoms. The summed E-state index contributed by atoms with van der Waals surface area (Å²) in [5, 5.41) is 11.4. The van der Waals surface area contributed by atoms with Crippen LogP contribution in [0.3, 0.4) is 0 Å². The molecule has 0 aliphatic carbocycles. The van der Waals surface area contributed by atoms with Crippen molar-refractivity contribution >= 4 is 18.7 Å². The summed E-state index contributed by atoms with van der Waals surface area (Å²) in [5.41, 5.74) is -2.40. The molecule has 0 aliphatic rings. The van der Waals surface area contributed by atoms with Gasteiger partial charge in [-0.3, -0.25) is 0 Å². The lowest BCUT2D eigenvalue weighted by atomic mass is 9.86. The highest BCUT2D eigenvalue weighted by Crippen LogP contribution is 2.44. The lowest BCUT2D eigenvalue weighted by molar-refractivity contribution is -0.250. The molecule has 184 valence electrons. The number of benzene rings is 2. The molecular weight excluding hydrogens is 445 g/mol. The van der Waals surface area contributed by atoms with Crippen molar-refractivity contribution < 1.29 is 27.4 Å². The van der Waals surface area contributed by atoms with E-state index in [1.165, 1.54) is 0 Å². The lowest BCUT2D eigenvalue weighted by Gasteiger charge is -2.45. The molecule has 33 heavy (non-hydrogen) atoms. The molecule has 3 nitrogen and oxygen atoms in total. The zero-order chi connectivity index (χ0) is 24.6. The number of hydrogen-bond donors (Lipinski definition) is 1. The minimum absolute atomic E-state index is 0.0792. The van der Waals surface area contributed by atoms with Crippen LogP contribution in [-0.4, -0.2) is 46.0 Å². The van der Waals surface area contributed by atoms with E-state index in [0.29, 0.717) is 6.61 Å². The van der Waals surface area contributed by atoms with Crippen molar-refractivity contribution in [3.63, 3.8) is 0 Å². The van der Waals surface area contributed by atoms with Gasteiger partial charge >= 0.3 is 6.18 Å². The van der Waals surface area contributed by atoms with E-state index in [1.54, 1.807) is 0 Å². The highest BCUT2D eigenvalue weighted by molar-refractivity contribution is 6.99. The average Bonchev–Trinajstić information content (AvgIpc) is 2.77. The van der Waals surface area contributed by atoms with Crippen molar-refractivity contribution in [1.82, 2.24) is 0 Å². The topological polar surface area (TPSA) is 38.7 Å². The van der Waals surface area contributed by atoms with Crippen LogP contribution in [0.25, 0.3) is 0 Å². The standard InChI is InChI=1S/C26H37F3O3Si/c1-5-6-18-31-19-17-25(20-30,26(27,28)29)21-32-33(24(2,3)4,22-13-9-7-10-14-22)23-15-11-8-12-16-23/h7-16,30H,5-6,17-21H2,1-4H3. The third-order valence-corrected chi connectivity index (χ3v) is 11.2. The first-order valence-electron chi connectivity index (χ1n) is 11.5. The van der Waals surface area contributed by atoms with Crippen molar-refractivity contribution in [2.45, 2.75) is 58.2 Å². The molecule has 0 amide bonds. The van der Waals surface area contributed by atoms with E-state index in [1.807, 2.05) is 88.4 Å². The molecule has 0 fully saturated rings. The Hall–Kier alpha value is -1.67. The number of unbranched alkanes of at least 4 members (excludes halogenated alkanes) is 1. The fourth-order valence-electron chi connectivity index (χ4n) is 4.13. The van der Waals surface area contributed by atoms with E-state index in [2.05, 4.69) is 0 Å². The van der Waals surface area contributed by atoms with Crippen LogP contribution in [0.5, 0.6) is 0 Å². The molecular formula is C26H37F3O3Si. The monoisotopic (exact) mass is 482 g/mol. The summed E-state index contributed by atoms with van der Waals surface area (Å²) >= 11 is 0. The van der Waals surface area contributed by atoms with E-state index < -0.39 is 38.2 Å². The van der Waals surface area contributed by atoms with E-state index in [4.69, 9.17) is 9.16 Å². The van der Waals surface area contributed by atoms with Gasteiger partial charge in [-0.15, -0.1) is 0 Å². The smallest absolute Gasteiger partial charge is 0.398 e. The molecule has 1 N–H and O–H groups in total. The molecule has 0 saturated heterocycles. The molecule has 7 heteroatoms. The van der Waals surface area contributed by atoms with Crippen molar-refractivity contribution in [3.05, 3.63) is 60.7 Å². The molecule has 1 unspecified atom stereocenters. The summed E-state index contributed by atoms with van der Waals surface area (Å²) in [5.74, 6) is 0. The maximum atomic E-state index is 14.3. The van der Waals surface area contributed by atoms with Crippen LogP contribution in [0.2, 0.25) is 5.04 Å². The Labute approximate surface area is 197 Å². The van der Waals surface area contributed by atoms with Crippen LogP contribution < -0.4 is 10.4 Å². The highest BCUT2D eigenvalue weighted by atomic mass is 28.4. The summed E-state index contributed by atoms with van der Waals surface area (Å²) in [6.07, 6.45) is -3.30. The molecule has 2 aromatic carbocycles. The molecule has 0 heterocycles. The van der Waals surface area contributed by atoms with Gasteiger partial charge in [-0.05, 0) is 28.3 Å². The first kappa shape index (κ1) is 27.6. The summed E-state index contributed by atoms with van der Waals surface area (Å²) in [6.45, 7) is 6.69. The van der Waals surface area contributed by atoms with Crippen LogP contribution in [0.4, 0.5) is 13.2 Å². The minimum atomic E-state index is -4.64. The number of rotatable bonds is 12. The number of hydrogen-bond acceptors (Lipinski definition) is 3. The molecule has 0 spiro atoms. The second-order valence-corrected chi connectivity index (χ2v) is 13.9. The van der Waals surface area contributed by atoms with Crippen LogP contribution in [0.15, 0.2) is 60.7 Å². The van der Waals surface area contributed by atoms with Gasteiger partial charge in [0.1, 0.15) is 5.41 Å². The summed E-state index contributed by atoms with van der Waals surface area (Å²) < 4.78 is 55.0. The third kappa shape index (κ3) is 6.26. The maximum absolute atomic E-state index is 14.3. The number of aliphatic hydroxyl groups excluding tert-OH is 1. The molecule has 1 atom stereocenters. The van der Waals surface area contributed by atoms with Crippen LogP contribution in [0, 0.1) is 5.41 Å². The van der Waals surface area contributed by atoms with Crippen LogP contribution >= 0.6 is 0 Å². The van der Waals surface area contributed by atoms with Gasteiger partial charge in [0, 0.05) is 13.2 Å². The van der Waals surface area contributed by atoms with E-state index in [0.717, 1.165) is 23.2 Å². The summed E-state index contributed by atoms with van der Waals surface area (Å²) in [4.78, 5) is 0. The fraction of sp³-hybridized carbons (Fsp3) is 0.538. The Morgan fingerprint density at radius 2 is 1.36 bits per heavy atom. The van der Waals surface area contributed by atoms with Crippen molar-refractivity contribution in [3.8, 4) is 0 Å². The number of alkyl halides is 3. The van der Waals surface area contributed by atoms with Crippen molar-refractivity contribution in [1.29, 1.82) is 0 Å². The molecule has 0 aromatic heterocycles. The Kier molecular flexibility index (Phi) is 9.73. The molecule has 0 saturated carbocycles. The minimum Gasteiger partial charge on any atom is -0.406 e. The second kappa shape index (κ2) is 11.6. The Morgan fingerprint density at radius 3 is 1.76 bits per heavy atom. The number of aliphatic hydroxyl groups is 1. The molecule has 2 rings (SSSR count). The van der Waals surface area contributed by atoms with Gasteiger partial charge in [0.25, 0.3) is 8.32 Å². The van der Waals surface area contributed by atoms with Gasteiger partial charge in [-0.25, -0.2) is 0 Å². The Bertz CT molecular complexity index is 783. The van der Waals surface area contributed by atoms with Gasteiger partial charge in [-0.1, -0.05) is 94.8 Å². The number of halogens is 3. The normalized spacial score (nSPS) is 14.8. The Balaban J connectivity index is 2.49. The SMILES string of the molecule is CCCCOCCC(CO)(CO[Si](c1ccccc1)(c1ccccc1)C(C)(C)C)C(F)(F)F. The van der Waals surface area contributed by atoms with Crippen molar-refractivity contribution in [2.75, 3.05) is 26.4 Å². The zero-order valence-corrected chi connectivity index (χ0v) is 21.1. The van der Waals surface area contributed by atoms with Crippen molar-refractivity contribution in [2.24, 2.45) is 5.41 Å². The highest BCUT2D eigenvalue weighted by Gasteiger charge is 2.58. The molecule has 0 aliphatic heterocycles. The summed E-state index contributed by atoms with van der Waals surface area (Å²) in [7, 11) is -3.17. The van der Waals surface area contributed by atoms with Gasteiger partial charge in [0.2, 0.25) is 0 Å². The van der Waals surface area contributed by atoms with E-state index in [-0.39, 0.29) is 13.0 Å². The predicted octanol–water partition coefficient (Wildman–Crippen LogP) is 5.31. The van der Waals surface area contributed by atoms with Gasteiger partial charge in [-0.2, -0.15) is 13.2 Å². The summed E-state index contributed by atoms with van der Waals surface area (Å²) in [6, 6.07) is 19.1. The zero-order valence-electron chi connectivity index (χ0n) is 20.1. The van der Waals surface area contributed by atoms with Gasteiger partial charge in [0.15, 0.2) is 0 Å². The largest absolute Gasteiger partial charge is 0.406 e. The maximum Gasteiger partial charge on any atom is 0.398 e. The van der Waals surface area contributed by atoms with Gasteiger partial charge in [0.05, 0.1) is 13.2 Å². The number of ether oxygens (including phenoxy) is 1. The lowest BCUT2D eigenvalue weighted by Crippen LogP contribution is -2.68. The quantitative estimate of drug-likeness (QED) is 0.329. The van der Waals surface area contributed by atoms with E-state index >= 15 is 0 Å². The second-order valence-electron chi connectivity index (χ2n) is 9.60. The molecule has 2 aromatic rings. The first-order valence-corrected chi connectivity index (χ1v) is 13.5. The predicted molar refractivity (Wildman–Crippen MR) is 129 cm³/mol. The van der Waals surface area contributed by atoms with Crippen LogP contribution in [0.1, 0.15) is 47.0 Å².